The SMILES string of the molecule is CC(C)(F)C(=O)O.FC1(C#Cc2ccc(C(F)(F)F)cc2)CCNC1. The monoisotopic (exact) mass is 363 g/mol. The molecule has 2 rings (SSSR count). The van der Waals surface area contributed by atoms with Crippen LogP contribution in [0, 0.1) is 11.8 Å². The van der Waals surface area contributed by atoms with Crippen molar-refractivity contribution in [2.24, 2.45) is 0 Å². The Hall–Kier alpha value is -2.14. The lowest BCUT2D eigenvalue weighted by atomic mass is 10.1. The summed E-state index contributed by atoms with van der Waals surface area (Å²) >= 11 is 0. The smallest absolute Gasteiger partial charge is 0.416 e. The van der Waals surface area contributed by atoms with Gasteiger partial charge in [-0.3, -0.25) is 0 Å². The van der Waals surface area contributed by atoms with E-state index in [0.717, 1.165) is 26.0 Å². The van der Waals surface area contributed by atoms with Crippen molar-refractivity contribution in [1.29, 1.82) is 0 Å². The van der Waals surface area contributed by atoms with Gasteiger partial charge in [0, 0.05) is 18.5 Å². The number of hydrogen-bond acceptors (Lipinski definition) is 2. The summed E-state index contributed by atoms with van der Waals surface area (Å²) < 4.78 is 62.7. The highest BCUT2D eigenvalue weighted by atomic mass is 19.4. The maximum atomic E-state index is 13.9. The summed E-state index contributed by atoms with van der Waals surface area (Å²) in [6.07, 6.45) is -4.05. The zero-order valence-corrected chi connectivity index (χ0v) is 13.7. The second-order valence-corrected chi connectivity index (χ2v) is 5.99. The third-order valence-electron chi connectivity index (χ3n) is 3.25. The van der Waals surface area contributed by atoms with Gasteiger partial charge in [-0.05, 0) is 44.7 Å². The van der Waals surface area contributed by atoms with Crippen LogP contribution in [0.4, 0.5) is 22.0 Å². The third-order valence-corrected chi connectivity index (χ3v) is 3.25. The fraction of sp³-hybridized carbons (Fsp3) is 0.471. The predicted octanol–water partition coefficient (Wildman–Crippen LogP) is 3.58. The molecule has 1 aromatic rings. The minimum Gasteiger partial charge on any atom is -0.479 e. The van der Waals surface area contributed by atoms with Crippen LogP contribution in [0.25, 0.3) is 0 Å². The highest BCUT2D eigenvalue weighted by molar-refractivity contribution is 5.75. The van der Waals surface area contributed by atoms with Gasteiger partial charge in [0.1, 0.15) is 0 Å². The topological polar surface area (TPSA) is 49.3 Å². The highest BCUT2D eigenvalue weighted by Crippen LogP contribution is 2.29. The normalized spacial score (nSPS) is 20.1. The van der Waals surface area contributed by atoms with E-state index in [-0.39, 0.29) is 6.54 Å². The minimum absolute atomic E-state index is 0.167. The van der Waals surface area contributed by atoms with Crippen LogP contribution in [0.1, 0.15) is 31.4 Å². The van der Waals surface area contributed by atoms with Crippen LogP contribution in [0.5, 0.6) is 0 Å². The summed E-state index contributed by atoms with van der Waals surface area (Å²) in [4.78, 5) is 9.65. The predicted molar refractivity (Wildman–Crippen MR) is 82.5 cm³/mol. The van der Waals surface area contributed by atoms with Crippen LogP contribution in [-0.2, 0) is 11.0 Å². The van der Waals surface area contributed by atoms with Crippen molar-refractivity contribution >= 4 is 5.97 Å². The zero-order valence-electron chi connectivity index (χ0n) is 13.7. The third kappa shape index (κ3) is 7.10. The maximum absolute atomic E-state index is 13.9. The van der Waals surface area contributed by atoms with E-state index >= 15 is 0 Å². The van der Waals surface area contributed by atoms with Gasteiger partial charge >= 0.3 is 12.1 Å². The number of benzene rings is 1. The Bertz CT molecular complexity index is 645. The van der Waals surface area contributed by atoms with E-state index < -0.39 is 29.0 Å². The molecule has 0 amide bonds. The lowest BCUT2D eigenvalue weighted by Gasteiger charge is -2.08. The summed E-state index contributed by atoms with van der Waals surface area (Å²) in [5.74, 6) is 3.62. The Morgan fingerprint density at radius 1 is 1.20 bits per heavy atom. The van der Waals surface area contributed by atoms with Crippen LogP contribution in [0.2, 0.25) is 0 Å². The van der Waals surface area contributed by atoms with Gasteiger partial charge in [-0.25, -0.2) is 13.6 Å². The second-order valence-electron chi connectivity index (χ2n) is 5.99. The van der Waals surface area contributed by atoms with Crippen molar-refractivity contribution in [3.8, 4) is 11.8 Å². The van der Waals surface area contributed by atoms with E-state index in [1.54, 1.807) is 0 Å². The van der Waals surface area contributed by atoms with E-state index in [1.807, 2.05) is 0 Å². The molecule has 1 atom stereocenters. The molecule has 8 heteroatoms. The molecule has 2 N–H and O–H groups in total. The first kappa shape index (κ1) is 20.9. The average molecular weight is 363 g/mol. The van der Waals surface area contributed by atoms with Gasteiger partial charge in [-0.2, -0.15) is 13.2 Å². The molecule has 0 saturated carbocycles. The first-order chi connectivity index (χ1) is 11.3. The Morgan fingerprint density at radius 2 is 1.72 bits per heavy atom. The van der Waals surface area contributed by atoms with Gasteiger partial charge in [-0.1, -0.05) is 11.8 Å². The van der Waals surface area contributed by atoms with Crippen molar-refractivity contribution in [3.63, 3.8) is 0 Å². The molecule has 0 aromatic heterocycles. The van der Waals surface area contributed by atoms with Crippen molar-refractivity contribution in [2.45, 2.75) is 37.8 Å². The number of carbonyl (C=O) groups is 1. The molecule has 25 heavy (non-hydrogen) atoms. The van der Waals surface area contributed by atoms with Crippen molar-refractivity contribution in [1.82, 2.24) is 5.32 Å². The van der Waals surface area contributed by atoms with Crippen molar-refractivity contribution < 1.29 is 31.9 Å². The molecule has 1 heterocycles. The van der Waals surface area contributed by atoms with Crippen LogP contribution >= 0.6 is 0 Å². The Labute approximate surface area is 142 Å². The molecule has 1 aliphatic rings. The number of carboxylic acids is 1. The van der Waals surface area contributed by atoms with E-state index in [4.69, 9.17) is 5.11 Å². The Balaban J connectivity index is 0.000000381. The van der Waals surface area contributed by atoms with E-state index in [9.17, 15) is 26.7 Å². The summed E-state index contributed by atoms with van der Waals surface area (Å²) in [5, 5.41) is 10.7. The van der Waals surface area contributed by atoms with Gasteiger partial charge in [0.2, 0.25) is 5.67 Å². The standard InChI is InChI=1S/C13H11F4N.C4H7FO2/c14-12(7-8-18-9-12)6-5-10-1-3-11(4-2-10)13(15,16)17;1-4(2,5)3(6)7/h1-4,18H,7-9H2;1-2H3,(H,6,7). The van der Waals surface area contributed by atoms with Gasteiger partial charge in [0.15, 0.2) is 5.67 Å². The zero-order chi connectivity index (χ0) is 19.3. The molecule has 138 valence electrons. The molecule has 0 bridgehead atoms. The minimum atomic E-state index is -4.36. The molecule has 1 fully saturated rings. The fourth-order valence-electron chi connectivity index (χ4n) is 1.69. The van der Waals surface area contributed by atoms with E-state index in [0.29, 0.717) is 18.5 Å². The summed E-state index contributed by atoms with van der Waals surface area (Å²) in [5.41, 5.74) is -4.00. The fourth-order valence-corrected chi connectivity index (χ4v) is 1.69. The lowest BCUT2D eigenvalue weighted by molar-refractivity contribution is -0.148. The second kappa shape index (κ2) is 7.83. The van der Waals surface area contributed by atoms with Crippen LogP contribution in [0.3, 0.4) is 0 Å². The summed E-state index contributed by atoms with van der Waals surface area (Å²) in [6, 6.07) is 4.40. The quantitative estimate of drug-likeness (QED) is 0.592. The van der Waals surface area contributed by atoms with Gasteiger partial charge in [0.05, 0.1) is 5.56 Å². The first-order valence-corrected chi connectivity index (χ1v) is 7.36. The number of rotatable bonds is 1. The lowest BCUT2D eigenvalue weighted by Crippen LogP contribution is -2.24. The molecule has 0 spiro atoms. The molecule has 1 aromatic carbocycles. The van der Waals surface area contributed by atoms with Crippen molar-refractivity contribution in [3.05, 3.63) is 35.4 Å². The molecule has 3 nitrogen and oxygen atoms in total. The number of carboxylic acid groups (broad SMARTS) is 1. The van der Waals surface area contributed by atoms with Crippen molar-refractivity contribution in [2.75, 3.05) is 13.1 Å². The molecule has 1 aliphatic heterocycles. The highest BCUT2D eigenvalue weighted by Gasteiger charge is 2.31. The number of alkyl halides is 5. The number of hydrogen-bond donors (Lipinski definition) is 2. The Morgan fingerprint density at radius 3 is 2.08 bits per heavy atom. The molecular formula is C17H18F5NO2. The Kier molecular flexibility index (Phi) is 6.54. The molecular weight excluding hydrogens is 345 g/mol. The molecule has 1 unspecified atom stereocenters. The van der Waals surface area contributed by atoms with Gasteiger partial charge < -0.3 is 10.4 Å². The van der Waals surface area contributed by atoms with E-state index in [2.05, 4.69) is 17.2 Å². The van der Waals surface area contributed by atoms with Crippen LogP contribution in [-0.4, -0.2) is 35.5 Å². The number of aliphatic carboxylic acids is 1. The largest absolute Gasteiger partial charge is 0.479 e. The van der Waals surface area contributed by atoms with Crippen LogP contribution < -0.4 is 5.32 Å². The van der Waals surface area contributed by atoms with Gasteiger partial charge in [0.25, 0.3) is 0 Å². The summed E-state index contributed by atoms with van der Waals surface area (Å²) in [6.45, 7) is 2.73. The first-order valence-electron chi connectivity index (χ1n) is 7.36. The summed E-state index contributed by atoms with van der Waals surface area (Å²) in [7, 11) is 0. The molecule has 0 radical (unpaired) electrons. The maximum Gasteiger partial charge on any atom is 0.416 e. The van der Waals surface area contributed by atoms with E-state index in [1.165, 1.54) is 12.1 Å². The average Bonchev–Trinajstić information content (AvgIpc) is 2.92. The van der Waals surface area contributed by atoms with Gasteiger partial charge in [-0.15, -0.1) is 0 Å². The number of nitrogens with one attached hydrogen (secondary N) is 1. The van der Waals surface area contributed by atoms with Crippen LogP contribution in [0.15, 0.2) is 24.3 Å². The molecule has 1 saturated heterocycles. The molecule has 0 aliphatic carbocycles. The number of halogens is 5.